The molecule has 0 bridgehead atoms. The lowest BCUT2D eigenvalue weighted by molar-refractivity contribution is 0.0440. The van der Waals surface area contributed by atoms with E-state index in [0.29, 0.717) is 0 Å². The maximum atomic E-state index is 5.83. The van der Waals surface area contributed by atoms with Crippen molar-refractivity contribution in [3.8, 4) is 11.3 Å². The molecular weight excluding hydrogens is 226 g/mol. The number of hydrogen-bond acceptors (Lipinski definition) is 3. The minimum Gasteiger partial charge on any atom is -0.372 e. The molecular formula is C14H17N3O. The van der Waals surface area contributed by atoms with E-state index >= 15 is 0 Å². The van der Waals surface area contributed by atoms with Crippen LogP contribution in [0.15, 0.2) is 30.7 Å². The van der Waals surface area contributed by atoms with Gasteiger partial charge in [-0.3, -0.25) is 0 Å². The van der Waals surface area contributed by atoms with Crippen molar-refractivity contribution in [1.29, 1.82) is 0 Å². The van der Waals surface area contributed by atoms with Crippen molar-refractivity contribution in [1.82, 2.24) is 15.3 Å². The van der Waals surface area contributed by atoms with E-state index < -0.39 is 0 Å². The van der Waals surface area contributed by atoms with Gasteiger partial charge < -0.3 is 15.0 Å². The van der Waals surface area contributed by atoms with Crippen LogP contribution in [0.5, 0.6) is 0 Å². The van der Waals surface area contributed by atoms with Crippen LogP contribution in [0.3, 0.4) is 0 Å². The second kappa shape index (κ2) is 4.92. The van der Waals surface area contributed by atoms with Gasteiger partial charge in [0.05, 0.1) is 30.9 Å². The largest absolute Gasteiger partial charge is 0.372 e. The first-order valence-corrected chi connectivity index (χ1v) is 6.27. The number of fused-ring (bicyclic) bond motifs is 1. The molecule has 4 heteroatoms. The molecule has 0 radical (unpaired) electrons. The zero-order valence-electron chi connectivity index (χ0n) is 10.4. The number of nitrogens with one attached hydrogen (secondary N) is 2. The Hall–Kier alpha value is -1.65. The molecule has 0 aliphatic carbocycles. The monoisotopic (exact) mass is 243 g/mol. The summed E-state index contributed by atoms with van der Waals surface area (Å²) >= 11 is 0. The summed E-state index contributed by atoms with van der Waals surface area (Å²) in [6.45, 7) is 1.63. The highest BCUT2D eigenvalue weighted by Crippen LogP contribution is 2.33. The van der Waals surface area contributed by atoms with Gasteiger partial charge in [-0.1, -0.05) is 18.2 Å². The van der Waals surface area contributed by atoms with Crippen molar-refractivity contribution in [3.63, 3.8) is 0 Å². The van der Waals surface area contributed by atoms with Gasteiger partial charge in [0.2, 0.25) is 0 Å². The SMILES string of the molecule is CNCC1OCCc2c(-c3cnc[nH]3)cccc21. The number of imidazole rings is 1. The molecule has 2 heterocycles. The second-order valence-electron chi connectivity index (χ2n) is 4.51. The average molecular weight is 243 g/mol. The Morgan fingerprint density at radius 2 is 2.44 bits per heavy atom. The summed E-state index contributed by atoms with van der Waals surface area (Å²) in [4.78, 5) is 7.29. The van der Waals surface area contributed by atoms with Gasteiger partial charge in [-0.2, -0.15) is 0 Å². The smallest absolute Gasteiger partial charge is 0.0952 e. The number of likely N-dealkylation sites (N-methyl/N-ethyl adjacent to an activating group) is 1. The summed E-state index contributed by atoms with van der Waals surface area (Å²) in [5.74, 6) is 0. The fraction of sp³-hybridized carbons (Fsp3) is 0.357. The van der Waals surface area contributed by atoms with E-state index in [1.807, 2.05) is 13.2 Å². The zero-order chi connectivity index (χ0) is 12.4. The molecule has 2 N–H and O–H groups in total. The van der Waals surface area contributed by atoms with Crippen LogP contribution in [-0.4, -0.2) is 30.2 Å². The first-order valence-electron chi connectivity index (χ1n) is 6.27. The number of hydrogen-bond donors (Lipinski definition) is 2. The summed E-state index contributed by atoms with van der Waals surface area (Å²) in [5.41, 5.74) is 5.00. The minimum absolute atomic E-state index is 0.154. The van der Waals surface area contributed by atoms with E-state index in [2.05, 4.69) is 33.5 Å². The highest BCUT2D eigenvalue weighted by molar-refractivity contribution is 5.65. The molecule has 1 unspecified atom stereocenters. The summed E-state index contributed by atoms with van der Waals surface area (Å²) in [5, 5.41) is 3.19. The van der Waals surface area contributed by atoms with Gasteiger partial charge in [0, 0.05) is 12.1 Å². The van der Waals surface area contributed by atoms with Gasteiger partial charge in [-0.05, 0) is 24.6 Å². The van der Waals surface area contributed by atoms with E-state index in [-0.39, 0.29) is 6.10 Å². The summed E-state index contributed by atoms with van der Waals surface area (Å²) < 4.78 is 5.83. The lowest BCUT2D eigenvalue weighted by atomic mass is 9.91. The topological polar surface area (TPSA) is 49.9 Å². The van der Waals surface area contributed by atoms with Crippen LogP contribution in [0.1, 0.15) is 17.2 Å². The van der Waals surface area contributed by atoms with Gasteiger partial charge in [0.15, 0.2) is 0 Å². The predicted octanol–water partition coefficient (Wildman–Crippen LogP) is 1.91. The molecule has 0 saturated carbocycles. The van der Waals surface area contributed by atoms with Crippen LogP contribution < -0.4 is 5.32 Å². The zero-order valence-corrected chi connectivity index (χ0v) is 10.4. The predicted molar refractivity (Wildman–Crippen MR) is 70.3 cm³/mol. The Bertz CT molecular complexity index is 522. The van der Waals surface area contributed by atoms with E-state index in [1.54, 1.807) is 6.33 Å². The van der Waals surface area contributed by atoms with Gasteiger partial charge in [-0.25, -0.2) is 4.98 Å². The lowest BCUT2D eigenvalue weighted by Crippen LogP contribution is -2.25. The molecule has 4 nitrogen and oxygen atoms in total. The first kappa shape index (κ1) is 11.4. The number of aromatic amines is 1. The Morgan fingerprint density at radius 3 is 3.22 bits per heavy atom. The van der Waals surface area contributed by atoms with E-state index in [1.165, 1.54) is 16.7 Å². The molecule has 0 spiro atoms. The maximum Gasteiger partial charge on any atom is 0.0952 e. The molecule has 0 saturated heterocycles. The molecule has 3 rings (SSSR count). The van der Waals surface area contributed by atoms with Crippen LogP contribution >= 0.6 is 0 Å². The van der Waals surface area contributed by atoms with Gasteiger partial charge >= 0.3 is 0 Å². The minimum atomic E-state index is 0.154. The molecule has 2 aromatic rings. The van der Waals surface area contributed by atoms with E-state index in [4.69, 9.17) is 4.74 Å². The molecule has 1 atom stereocenters. The van der Waals surface area contributed by atoms with Crippen molar-refractivity contribution in [2.45, 2.75) is 12.5 Å². The van der Waals surface area contributed by atoms with Crippen molar-refractivity contribution in [3.05, 3.63) is 41.9 Å². The summed E-state index contributed by atoms with van der Waals surface area (Å²) in [7, 11) is 1.95. The average Bonchev–Trinajstić information content (AvgIpc) is 2.93. The molecule has 1 aliphatic heterocycles. The summed E-state index contributed by atoms with van der Waals surface area (Å²) in [6.07, 6.45) is 4.71. The molecule has 94 valence electrons. The van der Waals surface area contributed by atoms with Crippen LogP contribution in [0.4, 0.5) is 0 Å². The number of rotatable bonds is 3. The van der Waals surface area contributed by atoms with Crippen LogP contribution in [0.25, 0.3) is 11.3 Å². The van der Waals surface area contributed by atoms with Gasteiger partial charge in [0.25, 0.3) is 0 Å². The Kier molecular flexibility index (Phi) is 3.13. The van der Waals surface area contributed by atoms with Crippen molar-refractivity contribution in [2.24, 2.45) is 0 Å². The van der Waals surface area contributed by atoms with Crippen molar-refractivity contribution < 1.29 is 4.74 Å². The second-order valence-corrected chi connectivity index (χ2v) is 4.51. The molecule has 1 aliphatic rings. The van der Waals surface area contributed by atoms with Gasteiger partial charge in [0.1, 0.15) is 0 Å². The summed E-state index contributed by atoms with van der Waals surface area (Å²) in [6, 6.07) is 6.40. The van der Waals surface area contributed by atoms with Crippen LogP contribution in [0.2, 0.25) is 0 Å². The quantitative estimate of drug-likeness (QED) is 0.865. The molecule has 0 fully saturated rings. The fourth-order valence-corrected chi connectivity index (χ4v) is 2.59. The number of H-pyrrole nitrogens is 1. The maximum absolute atomic E-state index is 5.83. The molecule has 18 heavy (non-hydrogen) atoms. The number of benzene rings is 1. The highest BCUT2D eigenvalue weighted by atomic mass is 16.5. The Morgan fingerprint density at radius 1 is 1.50 bits per heavy atom. The molecule has 0 amide bonds. The number of aromatic nitrogens is 2. The Labute approximate surface area is 106 Å². The fourth-order valence-electron chi connectivity index (χ4n) is 2.59. The normalized spacial score (nSPS) is 18.6. The van der Waals surface area contributed by atoms with Crippen molar-refractivity contribution >= 4 is 0 Å². The van der Waals surface area contributed by atoms with Gasteiger partial charge in [-0.15, -0.1) is 0 Å². The standard InChI is InChI=1S/C14H17N3O/c1-15-8-14-12-4-2-3-11(10(12)5-6-18-14)13-7-16-9-17-13/h2-4,7,9,14-15H,5-6,8H2,1H3,(H,16,17). The lowest BCUT2D eigenvalue weighted by Gasteiger charge is -2.27. The van der Waals surface area contributed by atoms with Crippen molar-refractivity contribution in [2.75, 3.05) is 20.2 Å². The third-order valence-corrected chi connectivity index (χ3v) is 3.41. The Balaban J connectivity index is 2.06. The first-order chi connectivity index (χ1) is 8.90. The third kappa shape index (κ3) is 1.94. The number of ether oxygens (including phenoxy) is 1. The van der Waals surface area contributed by atoms with E-state index in [0.717, 1.165) is 25.3 Å². The third-order valence-electron chi connectivity index (χ3n) is 3.41. The molecule has 1 aromatic carbocycles. The van der Waals surface area contributed by atoms with Crippen LogP contribution in [-0.2, 0) is 11.2 Å². The number of nitrogens with zero attached hydrogens (tertiary/aromatic N) is 1. The highest BCUT2D eigenvalue weighted by Gasteiger charge is 2.22. The van der Waals surface area contributed by atoms with Crippen LogP contribution in [0, 0.1) is 0 Å². The molecule has 1 aromatic heterocycles. The van der Waals surface area contributed by atoms with E-state index in [9.17, 15) is 0 Å².